The number of nitro benzene ring substituents is 1. The standard InChI is InChI=1S/C29H49NO2/c1-3-5-7-9-11-12-13-14-16-17-20-25-24-26(21-18-15-10-8-6-4-2)29-27(25)22-19-23-28(29)30(31)32/h19,22-23,25-26H,3-18,20-21,24H2,1-2H3. The summed E-state index contributed by atoms with van der Waals surface area (Å²) in [6.45, 7) is 4.53. The molecule has 2 atom stereocenters. The van der Waals surface area contributed by atoms with E-state index in [0.717, 1.165) is 18.4 Å². The van der Waals surface area contributed by atoms with E-state index >= 15 is 0 Å². The van der Waals surface area contributed by atoms with Crippen molar-refractivity contribution in [2.75, 3.05) is 0 Å². The number of unbranched alkanes of at least 4 members (excludes halogenated alkanes) is 14. The van der Waals surface area contributed by atoms with Crippen LogP contribution in [-0.2, 0) is 0 Å². The topological polar surface area (TPSA) is 43.1 Å². The third kappa shape index (κ3) is 9.24. The van der Waals surface area contributed by atoms with E-state index in [1.165, 1.54) is 115 Å². The monoisotopic (exact) mass is 443 g/mol. The van der Waals surface area contributed by atoms with Crippen molar-refractivity contribution < 1.29 is 4.92 Å². The van der Waals surface area contributed by atoms with Gasteiger partial charge in [-0.3, -0.25) is 10.1 Å². The van der Waals surface area contributed by atoms with Gasteiger partial charge < -0.3 is 0 Å². The maximum atomic E-state index is 11.7. The Morgan fingerprint density at radius 1 is 0.719 bits per heavy atom. The van der Waals surface area contributed by atoms with Gasteiger partial charge in [0, 0.05) is 11.6 Å². The van der Waals surface area contributed by atoms with Gasteiger partial charge in [-0.15, -0.1) is 0 Å². The van der Waals surface area contributed by atoms with E-state index in [-0.39, 0.29) is 4.92 Å². The molecular weight excluding hydrogens is 394 g/mol. The van der Waals surface area contributed by atoms with Crippen molar-refractivity contribution in [2.24, 2.45) is 0 Å². The molecule has 0 aliphatic heterocycles. The minimum absolute atomic E-state index is 0.143. The number of nitrogens with zero attached hydrogens (tertiary/aromatic N) is 1. The van der Waals surface area contributed by atoms with Crippen LogP contribution >= 0.6 is 0 Å². The first kappa shape index (κ1) is 26.9. The molecule has 3 heteroatoms. The van der Waals surface area contributed by atoms with Crippen molar-refractivity contribution in [1.82, 2.24) is 0 Å². The third-order valence-electron chi connectivity index (χ3n) is 7.54. The second kappa shape index (κ2) is 16.3. The van der Waals surface area contributed by atoms with Gasteiger partial charge in [0.2, 0.25) is 0 Å². The predicted octanol–water partition coefficient (Wildman–Crippen LogP) is 10.2. The molecule has 2 rings (SSSR count). The molecule has 1 aromatic carbocycles. The zero-order chi connectivity index (χ0) is 23.0. The van der Waals surface area contributed by atoms with Crippen molar-refractivity contribution in [3.05, 3.63) is 39.4 Å². The summed E-state index contributed by atoms with van der Waals surface area (Å²) in [4.78, 5) is 11.6. The van der Waals surface area contributed by atoms with Crippen LogP contribution < -0.4 is 0 Å². The minimum atomic E-state index is -0.143. The van der Waals surface area contributed by atoms with Crippen LogP contribution in [0.15, 0.2) is 18.2 Å². The second-order valence-electron chi connectivity index (χ2n) is 10.2. The first-order valence-electron chi connectivity index (χ1n) is 14.0. The number of hydrogen-bond acceptors (Lipinski definition) is 2. The van der Waals surface area contributed by atoms with Gasteiger partial charge in [-0.2, -0.15) is 0 Å². The van der Waals surface area contributed by atoms with Crippen molar-refractivity contribution in [1.29, 1.82) is 0 Å². The normalized spacial score (nSPS) is 17.6. The van der Waals surface area contributed by atoms with E-state index in [9.17, 15) is 10.1 Å². The van der Waals surface area contributed by atoms with Crippen LogP contribution in [0.1, 0.15) is 159 Å². The average Bonchev–Trinajstić information content (AvgIpc) is 3.15. The molecular formula is C29H49NO2. The van der Waals surface area contributed by atoms with Crippen LogP contribution in [0.4, 0.5) is 5.69 Å². The Morgan fingerprint density at radius 3 is 1.69 bits per heavy atom. The lowest BCUT2D eigenvalue weighted by Crippen LogP contribution is -2.00. The number of fused-ring (bicyclic) bond motifs is 1. The SMILES string of the molecule is CCCCCCCCCCCCC1CC(CCCCCCCC)c2c1cccc2[N+](=O)[O-]. The smallest absolute Gasteiger partial charge is 0.258 e. The number of nitro groups is 1. The summed E-state index contributed by atoms with van der Waals surface area (Å²) in [7, 11) is 0. The fourth-order valence-corrected chi connectivity index (χ4v) is 5.70. The number of hydrogen-bond donors (Lipinski definition) is 0. The lowest BCUT2D eigenvalue weighted by molar-refractivity contribution is -0.385. The zero-order valence-corrected chi connectivity index (χ0v) is 21.1. The van der Waals surface area contributed by atoms with Gasteiger partial charge in [-0.25, -0.2) is 0 Å². The lowest BCUT2D eigenvalue weighted by atomic mass is 9.92. The van der Waals surface area contributed by atoms with Gasteiger partial charge in [0.25, 0.3) is 5.69 Å². The van der Waals surface area contributed by atoms with E-state index in [4.69, 9.17) is 0 Å². The molecule has 2 unspecified atom stereocenters. The van der Waals surface area contributed by atoms with E-state index < -0.39 is 0 Å². The Morgan fingerprint density at radius 2 is 1.19 bits per heavy atom. The highest BCUT2D eigenvalue weighted by Gasteiger charge is 2.35. The lowest BCUT2D eigenvalue weighted by Gasteiger charge is -2.12. The summed E-state index contributed by atoms with van der Waals surface area (Å²) >= 11 is 0. The summed E-state index contributed by atoms with van der Waals surface area (Å²) in [5.74, 6) is 0.926. The molecule has 0 saturated carbocycles. The predicted molar refractivity (Wildman–Crippen MR) is 138 cm³/mol. The first-order chi connectivity index (χ1) is 15.7. The summed E-state index contributed by atoms with van der Waals surface area (Å²) in [6, 6.07) is 5.83. The quantitative estimate of drug-likeness (QED) is 0.121. The Hall–Kier alpha value is -1.38. The molecule has 1 aliphatic carbocycles. The van der Waals surface area contributed by atoms with Crippen molar-refractivity contribution >= 4 is 5.69 Å². The van der Waals surface area contributed by atoms with Crippen molar-refractivity contribution in [3.63, 3.8) is 0 Å². The van der Waals surface area contributed by atoms with E-state index in [0.29, 0.717) is 17.5 Å². The molecule has 0 N–H and O–H groups in total. The fourth-order valence-electron chi connectivity index (χ4n) is 5.70. The molecule has 0 radical (unpaired) electrons. The van der Waals surface area contributed by atoms with Gasteiger partial charge in [0.1, 0.15) is 0 Å². The van der Waals surface area contributed by atoms with Crippen LogP contribution in [0.25, 0.3) is 0 Å². The Balaban J connectivity index is 1.77. The Labute approximate surface area is 197 Å². The third-order valence-corrected chi connectivity index (χ3v) is 7.54. The van der Waals surface area contributed by atoms with Crippen LogP contribution in [0.3, 0.4) is 0 Å². The molecule has 32 heavy (non-hydrogen) atoms. The molecule has 0 heterocycles. The number of benzene rings is 1. The van der Waals surface area contributed by atoms with Crippen LogP contribution in [0, 0.1) is 10.1 Å². The molecule has 0 saturated heterocycles. The van der Waals surface area contributed by atoms with Gasteiger partial charge in [-0.05, 0) is 36.7 Å². The molecule has 1 aromatic rings. The number of rotatable bonds is 19. The van der Waals surface area contributed by atoms with Gasteiger partial charge in [-0.1, -0.05) is 129 Å². The fraction of sp³-hybridized carbons (Fsp3) is 0.793. The maximum Gasteiger partial charge on any atom is 0.273 e. The summed E-state index contributed by atoms with van der Waals surface area (Å²) < 4.78 is 0. The largest absolute Gasteiger partial charge is 0.273 e. The first-order valence-corrected chi connectivity index (χ1v) is 14.0. The van der Waals surface area contributed by atoms with Crippen molar-refractivity contribution in [2.45, 2.75) is 148 Å². The molecule has 0 spiro atoms. The van der Waals surface area contributed by atoms with Crippen LogP contribution in [0.2, 0.25) is 0 Å². The van der Waals surface area contributed by atoms with Crippen molar-refractivity contribution in [3.8, 4) is 0 Å². The molecule has 182 valence electrons. The van der Waals surface area contributed by atoms with Gasteiger partial charge in [0.15, 0.2) is 0 Å². The van der Waals surface area contributed by atoms with E-state index in [1.54, 1.807) is 6.07 Å². The highest BCUT2D eigenvalue weighted by atomic mass is 16.6. The molecule has 1 aliphatic rings. The summed E-state index contributed by atoms with van der Waals surface area (Å²) in [5.41, 5.74) is 2.76. The molecule has 0 bridgehead atoms. The Bertz CT molecular complexity index is 642. The molecule has 0 fully saturated rings. The van der Waals surface area contributed by atoms with Crippen LogP contribution in [0.5, 0.6) is 0 Å². The minimum Gasteiger partial charge on any atom is -0.258 e. The zero-order valence-electron chi connectivity index (χ0n) is 21.1. The van der Waals surface area contributed by atoms with E-state index in [2.05, 4.69) is 19.9 Å². The van der Waals surface area contributed by atoms with Gasteiger partial charge in [0.05, 0.1) is 4.92 Å². The highest BCUT2D eigenvalue weighted by Crippen LogP contribution is 2.49. The van der Waals surface area contributed by atoms with E-state index in [1.807, 2.05) is 6.07 Å². The Kier molecular flexibility index (Phi) is 13.7. The molecule has 3 nitrogen and oxygen atoms in total. The molecule has 0 amide bonds. The molecule has 0 aromatic heterocycles. The van der Waals surface area contributed by atoms with Crippen LogP contribution in [-0.4, -0.2) is 4.92 Å². The second-order valence-corrected chi connectivity index (χ2v) is 10.2. The summed E-state index contributed by atoms with van der Waals surface area (Å²) in [5, 5.41) is 11.7. The maximum absolute atomic E-state index is 11.7. The van der Waals surface area contributed by atoms with Gasteiger partial charge >= 0.3 is 0 Å². The average molecular weight is 444 g/mol. The summed E-state index contributed by atoms with van der Waals surface area (Å²) in [6.07, 6.45) is 24.8. The highest BCUT2D eigenvalue weighted by molar-refractivity contribution is 5.52.